The van der Waals surface area contributed by atoms with Crippen LogP contribution in [0.3, 0.4) is 0 Å². The summed E-state index contributed by atoms with van der Waals surface area (Å²) in [7, 11) is 1.76. The zero-order valence-corrected chi connectivity index (χ0v) is 15.5. The topological polar surface area (TPSA) is 61.9 Å². The molecule has 0 spiro atoms. The smallest absolute Gasteiger partial charge is 0.321 e. The minimum absolute atomic E-state index is 0.0147. The summed E-state index contributed by atoms with van der Waals surface area (Å²) in [5.41, 5.74) is 1.73. The predicted molar refractivity (Wildman–Crippen MR) is 98.4 cm³/mol. The molecule has 1 fully saturated rings. The standard InChI is InChI=1S/C19H29N3O3/c1-4-11-25-18-9-6-10-22(14-18)19(24)20-17-8-5-7-16(12-17)13-21(3)15(2)23/h5,7-8,12,18H,4,6,9-11,13-14H2,1-3H3,(H,20,24)/t18-/m0/s1. The first-order valence-corrected chi connectivity index (χ1v) is 8.97. The zero-order valence-electron chi connectivity index (χ0n) is 15.5. The molecule has 6 heteroatoms. The maximum absolute atomic E-state index is 12.5. The fourth-order valence-electron chi connectivity index (χ4n) is 2.88. The van der Waals surface area contributed by atoms with E-state index in [9.17, 15) is 9.59 Å². The number of nitrogens with zero attached hydrogens (tertiary/aromatic N) is 2. The number of hydrogen-bond donors (Lipinski definition) is 1. The molecule has 138 valence electrons. The lowest BCUT2D eigenvalue weighted by molar-refractivity contribution is -0.128. The lowest BCUT2D eigenvalue weighted by Crippen LogP contribution is -2.45. The molecule has 0 aromatic heterocycles. The Morgan fingerprint density at radius 3 is 2.92 bits per heavy atom. The lowest BCUT2D eigenvalue weighted by atomic mass is 10.1. The molecule has 1 N–H and O–H groups in total. The van der Waals surface area contributed by atoms with Gasteiger partial charge in [0.05, 0.1) is 6.10 Å². The summed E-state index contributed by atoms with van der Waals surface area (Å²) in [6.45, 7) is 6.29. The molecular formula is C19H29N3O3. The summed E-state index contributed by atoms with van der Waals surface area (Å²) in [4.78, 5) is 27.3. The molecule has 1 atom stereocenters. The van der Waals surface area contributed by atoms with Gasteiger partial charge in [0, 0.05) is 45.9 Å². The second kappa shape index (κ2) is 9.42. The third-order valence-electron chi connectivity index (χ3n) is 4.36. The highest BCUT2D eigenvalue weighted by atomic mass is 16.5. The van der Waals surface area contributed by atoms with Crippen molar-refractivity contribution < 1.29 is 14.3 Å². The molecule has 1 aromatic carbocycles. The monoisotopic (exact) mass is 347 g/mol. The van der Waals surface area contributed by atoms with Crippen LogP contribution >= 0.6 is 0 Å². The van der Waals surface area contributed by atoms with E-state index >= 15 is 0 Å². The van der Waals surface area contributed by atoms with E-state index in [1.807, 2.05) is 29.2 Å². The molecular weight excluding hydrogens is 318 g/mol. The van der Waals surface area contributed by atoms with Gasteiger partial charge >= 0.3 is 6.03 Å². The largest absolute Gasteiger partial charge is 0.376 e. The predicted octanol–water partition coefficient (Wildman–Crippen LogP) is 3.09. The Morgan fingerprint density at radius 1 is 1.40 bits per heavy atom. The number of amides is 3. The number of ether oxygens (including phenoxy) is 1. The van der Waals surface area contributed by atoms with Gasteiger partial charge in [-0.3, -0.25) is 4.79 Å². The third kappa shape index (κ3) is 6.05. The minimum Gasteiger partial charge on any atom is -0.376 e. The van der Waals surface area contributed by atoms with Gasteiger partial charge < -0.3 is 19.9 Å². The van der Waals surface area contributed by atoms with Crippen molar-refractivity contribution in [3.05, 3.63) is 29.8 Å². The summed E-state index contributed by atoms with van der Waals surface area (Å²) < 4.78 is 5.79. The van der Waals surface area contributed by atoms with E-state index in [0.717, 1.165) is 43.7 Å². The van der Waals surface area contributed by atoms with Gasteiger partial charge in [0.25, 0.3) is 0 Å². The van der Waals surface area contributed by atoms with E-state index in [2.05, 4.69) is 12.2 Å². The molecule has 0 unspecified atom stereocenters. The molecule has 3 amide bonds. The maximum Gasteiger partial charge on any atom is 0.321 e. The van der Waals surface area contributed by atoms with Crippen molar-refractivity contribution in [2.24, 2.45) is 0 Å². The van der Waals surface area contributed by atoms with Crippen LogP contribution in [0.5, 0.6) is 0 Å². The number of carbonyl (C=O) groups excluding carboxylic acids is 2. The number of carbonyl (C=O) groups is 2. The van der Waals surface area contributed by atoms with Crippen molar-refractivity contribution in [3.63, 3.8) is 0 Å². The summed E-state index contributed by atoms with van der Waals surface area (Å²) in [6, 6.07) is 7.52. The van der Waals surface area contributed by atoms with Gasteiger partial charge in [0.1, 0.15) is 0 Å². The fraction of sp³-hybridized carbons (Fsp3) is 0.579. The van der Waals surface area contributed by atoms with Crippen molar-refractivity contribution in [1.82, 2.24) is 9.80 Å². The number of benzene rings is 1. The summed E-state index contributed by atoms with van der Waals surface area (Å²) >= 11 is 0. The average Bonchev–Trinajstić information content (AvgIpc) is 2.60. The minimum atomic E-state index is -0.0955. The Kier molecular flexibility index (Phi) is 7.25. The number of rotatable bonds is 6. The van der Waals surface area contributed by atoms with Crippen LogP contribution in [0, 0.1) is 0 Å². The lowest BCUT2D eigenvalue weighted by Gasteiger charge is -2.32. The van der Waals surface area contributed by atoms with Crippen molar-refractivity contribution in [3.8, 4) is 0 Å². The Labute approximate surface area is 150 Å². The van der Waals surface area contributed by atoms with E-state index in [-0.39, 0.29) is 18.0 Å². The first-order chi connectivity index (χ1) is 12.0. The van der Waals surface area contributed by atoms with Gasteiger partial charge in [0.2, 0.25) is 5.91 Å². The number of likely N-dealkylation sites (tertiary alicyclic amines) is 1. The molecule has 0 aliphatic carbocycles. The fourth-order valence-corrected chi connectivity index (χ4v) is 2.88. The van der Waals surface area contributed by atoms with E-state index < -0.39 is 0 Å². The van der Waals surface area contributed by atoms with Crippen LogP contribution in [0.1, 0.15) is 38.7 Å². The van der Waals surface area contributed by atoms with Crippen LogP contribution in [-0.2, 0) is 16.1 Å². The van der Waals surface area contributed by atoms with Crippen molar-refractivity contribution in [2.75, 3.05) is 32.1 Å². The number of nitrogens with one attached hydrogen (secondary N) is 1. The first kappa shape index (κ1) is 19.2. The molecule has 1 aliphatic heterocycles. The van der Waals surface area contributed by atoms with Crippen LogP contribution in [0.15, 0.2) is 24.3 Å². The highest BCUT2D eigenvalue weighted by molar-refractivity contribution is 5.89. The number of urea groups is 1. The van der Waals surface area contributed by atoms with Gasteiger partial charge in [-0.05, 0) is 37.0 Å². The molecule has 1 aliphatic rings. The molecule has 0 saturated carbocycles. The molecule has 2 rings (SSSR count). The Bertz CT molecular complexity index is 591. The molecule has 1 heterocycles. The Morgan fingerprint density at radius 2 is 2.20 bits per heavy atom. The van der Waals surface area contributed by atoms with Crippen LogP contribution in [0.4, 0.5) is 10.5 Å². The van der Waals surface area contributed by atoms with E-state index in [1.54, 1.807) is 18.9 Å². The highest BCUT2D eigenvalue weighted by Crippen LogP contribution is 2.17. The number of anilines is 1. The summed E-state index contributed by atoms with van der Waals surface area (Å²) in [5.74, 6) is 0.0147. The Balaban J connectivity index is 1.92. The van der Waals surface area contributed by atoms with Crippen molar-refractivity contribution >= 4 is 17.6 Å². The molecule has 0 radical (unpaired) electrons. The second-order valence-electron chi connectivity index (χ2n) is 6.59. The SMILES string of the molecule is CCCO[C@H]1CCCN(C(=O)Nc2cccc(CN(C)C(C)=O)c2)C1. The van der Waals surface area contributed by atoms with Gasteiger partial charge in [0.15, 0.2) is 0 Å². The third-order valence-corrected chi connectivity index (χ3v) is 4.36. The molecule has 25 heavy (non-hydrogen) atoms. The van der Waals surface area contributed by atoms with E-state index in [4.69, 9.17) is 4.74 Å². The van der Waals surface area contributed by atoms with E-state index in [0.29, 0.717) is 13.1 Å². The number of piperidine rings is 1. The van der Waals surface area contributed by atoms with Crippen LogP contribution in [0.25, 0.3) is 0 Å². The summed E-state index contributed by atoms with van der Waals surface area (Å²) in [6.07, 6.45) is 3.10. The van der Waals surface area contributed by atoms with Crippen molar-refractivity contribution in [2.45, 2.75) is 45.8 Å². The maximum atomic E-state index is 12.5. The molecule has 6 nitrogen and oxygen atoms in total. The van der Waals surface area contributed by atoms with Gasteiger partial charge in [-0.2, -0.15) is 0 Å². The van der Waals surface area contributed by atoms with Crippen LogP contribution in [0.2, 0.25) is 0 Å². The van der Waals surface area contributed by atoms with E-state index in [1.165, 1.54) is 0 Å². The van der Waals surface area contributed by atoms with Crippen LogP contribution < -0.4 is 5.32 Å². The molecule has 1 saturated heterocycles. The van der Waals surface area contributed by atoms with Gasteiger partial charge in [-0.1, -0.05) is 19.1 Å². The second-order valence-corrected chi connectivity index (χ2v) is 6.59. The van der Waals surface area contributed by atoms with Crippen molar-refractivity contribution in [1.29, 1.82) is 0 Å². The zero-order chi connectivity index (χ0) is 18.2. The first-order valence-electron chi connectivity index (χ1n) is 8.97. The molecule has 0 bridgehead atoms. The normalized spacial score (nSPS) is 17.2. The average molecular weight is 347 g/mol. The van der Waals surface area contributed by atoms with Gasteiger partial charge in [-0.15, -0.1) is 0 Å². The van der Waals surface area contributed by atoms with Gasteiger partial charge in [-0.25, -0.2) is 4.79 Å². The van der Waals surface area contributed by atoms with Crippen LogP contribution in [-0.4, -0.2) is 54.6 Å². The Hall–Kier alpha value is -2.08. The number of hydrogen-bond acceptors (Lipinski definition) is 3. The quantitative estimate of drug-likeness (QED) is 0.860. The molecule has 1 aromatic rings. The summed E-state index contributed by atoms with van der Waals surface area (Å²) in [5, 5.41) is 2.96. The highest BCUT2D eigenvalue weighted by Gasteiger charge is 2.24.